The lowest BCUT2D eigenvalue weighted by atomic mass is 10.2. The van der Waals surface area contributed by atoms with Crippen LogP contribution in [0, 0.1) is 0 Å². The number of hydrogen-bond donors (Lipinski definition) is 4. The fraction of sp³-hybridized carbons (Fsp3) is 0.364. The molecule has 4 N–H and O–H groups in total. The number of amides is 2. The molecule has 0 heterocycles. The summed E-state index contributed by atoms with van der Waals surface area (Å²) in [5.74, 6) is 0.897. The molecule has 8 heteroatoms. The van der Waals surface area contributed by atoms with E-state index in [9.17, 15) is 14.7 Å². The molecule has 2 aromatic carbocycles. The van der Waals surface area contributed by atoms with Gasteiger partial charge in [-0.05, 0) is 43.3 Å². The van der Waals surface area contributed by atoms with Crippen molar-refractivity contribution in [1.82, 2.24) is 5.32 Å². The molecule has 2 rings (SSSR count). The highest BCUT2D eigenvalue weighted by molar-refractivity contribution is 5.90. The molecule has 162 valence electrons. The van der Waals surface area contributed by atoms with Crippen molar-refractivity contribution in [2.45, 2.75) is 32.9 Å². The fourth-order valence-electron chi connectivity index (χ4n) is 2.59. The van der Waals surface area contributed by atoms with Gasteiger partial charge in [0.05, 0.1) is 5.69 Å². The van der Waals surface area contributed by atoms with Crippen LogP contribution in [0.15, 0.2) is 48.5 Å². The molecule has 0 aliphatic carbocycles. The van der Waals surface area contributed by atoms with Gasteiger partial charge in [-0.3, -0.25) is 9.59 Å². The zero-order valence-electron chi connectivity index (χ0n) is 17.5. The minimum atomic E-state index is -0.700. The Morgan fingerprint density at radius 2 is 1.60 bits per heavy atom. The molecule has 2 aromatic rings. The molecule has 0 saturated carbocycles. The van der Waals surface area contributed by atoms with Gasteiger partial charge in [-0.1, -0.05) is 12.1 Å². The van der Waals surface area contributed by atoms with Crippen LogP contribution >= 0.6 is 0 Å². The molecule has 0 aliphatic heterocycles. The van der Waals surface area contributed by atoms with Crippen LogP contribution in [0.3, 0.4) is 0 Å². The van der Waals surface area contributed by atoms with Gasteiger partial charge >= 0.3 is 0 Å². The molecule has 0 spiro atoms. The number of nitrogens with one attached hydrogen (secondary N) is 3. The molecule has 30 heavy (non-hydrogen) atoms. The Bertz CT molecular complexity index is 826. The Morgan fingerprint density at radius 1 is 0.933 bits per heavy atom. The van der Waals surface area contributed by atoms with Gasteiger partial charge in [0.2, 0.25) is 11.8 Å². The van der Waals surface area contributed by atoms with E-state index in [1.54, 1.807) is 36.4 Å². The number of carbonyl (C=O) groups excluding carboxylic acids is 2. The molecule has 8 nitrogen and oxygen atoms in total. The average Bonchev–Trinajstić information content (AvgIpc) is 2.70. The van der Waals surface area contributed by atoms with Gasteiger partial charge in [0.25, 0.3) is 0 Å². The van der Waals surface area contributed by atoms with E-state index in [0.717, 1.165) is 0 Å². The van der Waals surface area contributed by atoms with E-state index in [4.69, 9.17) is 9.47 Å². The molecule has 0 fully saturated rings. The minimum absolute atomic E-state index is 0.0260. The molecule has 2 unspecified atom stereocenters. The lowest BCUT2D eigenvalue weighted by molar-refractivity contribution is -0.115. The Hall–Kier alpha value is -3.10. The summed E-state index contributed by atoms with van der Waals surface area (Å²) in [7, 11) is 0. The van der Waals surface area contributed by atoms with Crippen LogP contribution in [-0.2, 0) is 9.59 Å². The third-order valence-electron chi connectivity index (χ3n) is 4.01. The fourth-order valence-corrected chi connectivity index (χ4v) is 2.59. The summed E-state index contributed by atoms with van der Waals surface area (Å²) in [6.07, 6.45) is -0.700. The van der Waals surface area contributed by atoms with Crippen molar-refractivity contribution < 1.29 is 24.2 Å². The number of rotatable bonds is 11. The van der Waals surface area contributed by atoms with Gasteiger partial charge in [0.1, 0.15) is 30.8 Å². The number of anilines is 2. The van der Waals surface area contributed by atoms with Crippen LogP contribution in [0.2, 0.25) is 0 Å². The van der Waals surface area contributed by atoms with E-state index in [0.29, 0.717) is 36.0 Å². The van der Waals surface area contributed by atoms with Gasteiger partial charge in [-0.15, -0.1) is 0 Å². The Kier molecular flexibility index (Phi) is 9.11. The van der Waals surface area contributed by atoms with E-state index in [1.807, 2.05) is 19.1 Å². The van der Waals surface area contributed by atoms with Crippen molar-refractivity contribution in [1.29, 1.82) is 0 Å². The predicted molar refractivity (Wildman–Crippen MR) is 116 cm³/mol. The number of para-hydroxylation sites is 2. The van der Waals surface area contributed by atoms with Crippen molar-refractivity contribution in [2.75, 3.05) is 30.4 Å². The summed E-state index contributed by atoms with van der Waals surface area (Å²) >= 11 is 0. The van der Waals surface area contributed by atoms with Crippen LogP contribution < -0.4 is 25.4 Å². The lowest BCUT2D eigenvalue weighted by Crippen LogP contribution is -2.39. The highest BCUT2D eigenvalue weighted by atomic mass is 16.5. The Morgan fingerprint density at radius 3 is 2.27 bits per heavy atom. The van der Waals surface area contributed by atoms with Crippen LogP contribution in [-0.4, -0.2) is 48.8 Å². The van der Waals surface area contributed by atoms with E-state index < -0.39 is 6.10 Å². The summed E-state index contributed by atoms with van der Waals surface area (Å²) in [5, 5.41) is 18.7. The standard InChI is InChI=1S/C22H29N3O5/c1-15(13-30-22-7-5-4-6-21(22)25-17(3)27)23-12-19(28)14-29-20-10-8-18(9-11-20)24-16(2)26/h4-11,15,19,23,28H,12-14H2,1-3H3,(H,24,26)(H,25,27). The zero-order valence-corrected chi connectivity index (χ0v) is 17.5. The SMILES string of the molecule is CC(=O)Nc1ccc(OCC(O)CNC(C)COc2ccccc2NC(C)=O)cc1. The topological polar surface area (TPSA) is 109 Å². The first-order valence-corrected chi connectivity index (χ1v) is 9.75. The monoisotopic (exact) mass is 415 g/mol. The maximum Gasteiger partial charge on any atom is 0.221 e. The van der Waals surface area contributed by atoms with Crippen molar-refractivity contribution >= 4 is 23.2 Å². The number of carbonyl (C=O) groups is 2. The first-order chi connectivity index (χ1) is 14.3. The lowest BCUT2D eigenvalue weighted by Gasteiger charge is -2.19. The normalized spacial score (nSPS) is 12.5. The second-order valence-electron chi connectivity index (χ2n) is 6.97. The molecule has 0 radical (unpaired) electrons. The maximum absolute atomic E-state index is 11.3. The number of hydrogen-bond acceptors (Lipinski definition) is 6. The number of aliphatic hydroxyl groups is 1. The van der Waals surface area contributed by atoms with Crippen LogP contribution in [0.1, 0.15) is 20.8 Å². The molecule has 0 bridgehead atoms. The number of aliphatic hydroxyl groups excluding tert-OH is 1. The van der Waals surface area contributed by atoms with Crippen LogP contribution in [0.25, 0.3) is 0 Å². The number of benzene rings is 2. The van der Waals surface area contributed by atoms with Gasteiger partial charge in [-0.2, -0.15) is 0 Å². The maximum atomic E-state index is 11.3. The largest absolute Gasteiger partial charge is 0.491 e. The molecular formula is C22H29N3O5. The minimum Gasteiger partial charge on any atom is -0.491 e. The van der Waals surface area contributed by atoms with E-state index in [-0.39, 0.29) is 24.5 Å². The first-order valence-electron chi connectivity index (χ1n) is 9.75. The van der Waals surface area contributed by atoms with Gasteiger partial charge in [0.15, 0.2) is 0 Å². The van der Waals surface area contributed by atoms with E-state index in [1.165, 1.54) is 13.8 Å². The van der Waals surface area contributed by atoms with Gasteiger partial charge < -0.3 is 30.5 Å². The third kappa shape index (κ3) is 8.50. The van der Waals surface area contributed by atoms with E-state index >= 15 is 0 Å². The first kappa shape index (κ1) is 23.2. The highest BCUT2D eigenvalue weighted by Gasteiger charge is 2.10. The average molecular weight is 415 g/mol. The summed E-state index contributed by atoms with van der Waals surface area (Å²) < 4.78 is 11.3. The van der Waals surface area contributed by atoms with Gasteiger partial charge in [0, 0.05) is 32.1 Å². The summed E-state index contributed by atoms with van der Waals surface area (Å²) in [6.45, 7) is 5.67. The Balaban J connectivity index is 1.70. The predicted octanol–water partition coefficient (Wildman–Crippen LogP) is 2.40. The van der Waals surface area contributed by atoms with Crippen molar-refractivity contribution in [3.63, 3.8) is 0 Å². The third-order valence-corrected chi connectivity index (χ3v) is 4.01. The molecule has 0 saturated heterocycles. The summed E-state index contributed by atoms with van der Waals surface area (Å²) in [4.78, 5) is 22.3. The molecule has 0 aliphatic rings. The van der Waals surface area contributed by atoms with Crippen molar-refractivity contribution in [2.24, 2.45) is 0 Å². The van der Waals surface area contributed by atoms with Gasteiger partial charge in [-0.25, -0.2) is 0 Å². The summed E-state index contributed by atoms with van der Waals surface area (Å²) in [6, 6.07) is 14.1. The molecule has 0 aromatic heterocycles. The molecular weight excluding hydrogens is 386 g/mol. The number of ether oxygens (including phenoxy) is 2. The van der Waals surface area contributed by atoms with Crippen molar-refractivity contribution in [3.05, 3.63) is 48.5 Å². The Labute approximate surface area is 176 Å². The second kappa shape index (κ2) is 11.8. The molecule has 2 amide bonds. The second-order valence-corrected chi connectivity index (χ2v) is 6.97. The van der Waals surface area contributed by atoms with E-state index in [2.05, 4.69) is 16.0 Å². The molecule has 2 atom stereocenters. The highest BCUT2D eigenvalue weighted by Crippen LogP contribution is 2.23. The van der Waals surface area contributed by atoms with Crippen LogP contribution in [0.5, 0.6) is 11.5 Å². The quantitative estimate of drug-likeness (QED) is 0.449. The summed E-state index contributed by atoms with van der Waals surface area (Å²) in [5.41, 5.74) is 1.31. The van der Waals surface area contributed by atoms with Crippen LogP contribution in [0.4, 0.5) is 11.4 Å². The zero-order chi connectivity index (χ0) is 21.9. The smallest absolute Gasteiger partial charge is 0.221 e. The van der Waals surface area contributed by atoms with Crippen molar-refractivity contribution in [3.8, 4) is 11.5 Å².